The average molecular weight is 194 g/mol. The largest absolute Gasteiger partial charge is 0.377 e. The van der Waals surface area contributed by atoms with Crippen molar-refractivity contribution in [3.05, 3.63) is 24.3 Å². The summed E-state index contributed by atoms with van der Waals surface area (Å²) in [5.74, 6) is -0.464. The molecule has 0 fully saturated rings. The van der Waals surface area contributed by atoms with E-state index in [1.807, 2.05) is 13.8 Å². The zero-order valence-electron chi connectivity index (χ0n) is 8.41. The predicted octanol–water partition coefficient (Wildman–Crippen LogP) is 1.03. The number of aliphatic hydroxyl groups is 1. The summed E-state index contributed by atoms with van der Waals surface area (Å²) in [7, 11) is 0. The van der Waals surface area contributed by atoms with E-state index in [2.05, 4.69) is 6.58 Å². The lowest BCUT2D eigenvalue weighted by Gasteiger charge is -2.36. The molecule has 3 heteroatoms. The van der Waals surface area contributed by atoms with Crippen LogP contribution in [0.25, 0.3) is 0 Å². The van der Waals surface area contributed by atoms with E-state index in [4.69, 9.17) is 0 Å². The Labute approximate surface area is 83.1 Å². The molecular formula is C11H14O3. The van der Waals surface area contributed by atoms with E-state index in [0.717, 1.165) is 0 Å². The first-order valence-electron chi connectivity index (χ1n) is 4.42. The highest BCUT2D eigenvalue weighted by atomic mass is 16.3. The van der Waals surface area contributed by atoms with E-state index in [1.165, 1.54) is 6.08 Å². The summed E-state index contributed by atoms with van der Waals surface area (Å²) in [6.45, 7) is 7.19. The standard InChI is InChI=1S/C11H14O3/c1-8(6-12)11(14)7-10(2,3)5-4-9(11)13/h4-6,14H,1,7H2,2-3H3. The second-order valence-corrected chi connectivity index (χ2v) is 4.37. The Hall–Kier alpha value is -1.22. The summed E-state index contributed by atoms with van der Waals surface area (Å²) < 4.78 is 0. The van der Waals surface area contributed by atoms with Gasteiger partial charge in [0.05, 0.1) is 0 Å². The first-order chi connectivity index (χ1) is 6.32. The third kappa shape index (κ3) is 1.68. The molecule has 0 amide bonds. The molecule has 0 bridgehead atoms. The van der Waals surface area contributed by atoms with Crippen molar-refractivity contribution in [1.29, 1.82) is 0 Å². The van der Waals surface area contributed by atoms with E-state index in [0.29, 0.717) is 6.29 Å². The molecule has 0 aromatic rings. The minimum absolute atomic E-state index is 0.0695. The molecule has 1 aliphatic rings. The van der Waals surface area contributed by atoms with Gasteiger partial charge in [0, 0.05) is 5.57 Å². The number of hydrogen-bond donors (Lipinski definition) is 1. The molecule has 14 heavy (non-hydrogen) atoms. The number of carbonyl (C=O) groups excluding carboxylic acids is 2. The van der Waals surface area contributed by atoms with Crippen LogP contribution in [0, 0.1) is 5.41 Å². The number of ketones is 1. The number of carbonyl (C=O) groups is 2. The lowest BCUT2D eigenvalue weighted by molar-refractivity contribution is -0.133. The summed E-state index contributed by atoms with van der Waals surface area (Å²) in [5.41, 5.74) is -2.07. The van der Waals surface area contributed by atoms with Gasteiger partial charge in [0.25, 0.3) is 0 Å². The van der Waals surface area contributed by atoms with Crippen molar-refractivity contribution in [3.63, 3.8) is 0 Å². The topological polar surface area (TPSA) is 54.4 Å². The van der Waals surface area contributed by atoms with Crippen molar-refractivity contribution in [1.82, 2.24) is 0 Å². The molecule has 0 saturated heterocycles. The average Bonchev–Trinajstić information content (AvgIpc) is 2.10. The molecule has 1 unspecified atom stereocenters. The molecule has 0 spiro atoms. The van der Waals surface area contributed by atoms with Crippen LogP contribution in [0.3, 0.4) is 0 Å². The molecular weight excluding hydrogens is 180 g/mol. The zero-order valence-corrected chi connectivity index (χ0v) is 8.41. The van der Waals surface area contributed by atoms with Gasteiger partial charge in [0.2, 0.25) is 0 Å². The lowest BCUT2D eigenvalue weighted by Crippen LogP contribution is -2.46. The Kier molecular flexibility index (Phi) is 2.46. The maximum Gasteiger partial charge on any atom is 0.191 e. The van der Waals surface area contributed by atoms with Crippen LogP contribution in [0.2, 0.25) is 0 Å². The molecule has 1 N–H and O–H groups in total. The van der Waals surface area contributed by atoms with Crippen molar-refractivity contribution < 1.29 is 14.7 Å². The van der Waals surface area contributed by atoms with Gasteiger partial charge in [0.1, 0.15) is 6.29 Å². The lowest BCUT2D eigenvalue weighted by atomic mass is 9.71. The van der Waals surface area contributed by atoms with Crippen LogP contribution in [0.1, 0.15) is 20.3 Å². The van der Waals surface area contributed by atoms with E-state index >= 15 is 0 Å². The van der Waals surface area contributed by atoms with Crippen LogP contribution in [0.5, 0.6) is 0 Å². The Morgan fingerprint density at radius 3 is 2.71 bits per heavy atom. The maximum absolute atomic E-state index is 11.4. The molecule has 3 nitrogen and oxygen atoms in total. The Bertz CT molecular complexity index is 325. The fourth-order valence-corrected chi connectivity index (χ4v) is 1.61. The van der Waals surface area contributed by atoms with Gasteiger partial charge in [0.15, 0.2) is 11.4 Å². The third-order valence-electron chi connectivity index (χ3n) is 2.48. The van der Waals surface area contributed by atoms with Crippen LogP contribution in [-0.4, -0.2) is 22.8 Å². The number of allylic oxidation sites excluding steroid dienone is 1. The Morgan fingerprint density at radius 1 is 1.64 bits per heavy atom. The third-order valence-corrected chi connectivity index (χ3v) is 2.48. The van der Waals surface area contributed by atoms with Gasteiger partial charge in [-0.3, -0.25) is 9.59 Å². The fraction of sp³-hybridized carbons (Fsp3) is 0.455. The second kappa shape index (κ2) is 3.17. The molecule has 0 aliphatic heterocycles. The normalized spacial score (nSPS) is 30.1. The van der Waals surface area contributed by atoms with Crippen LogP contribution in [0.15, 0.2) is 24.3 Å². The second-order valence-electron chi connectivity index (χ2n) is 4.37. The number of rotatable bonds is 2. The Morgan fingerprint density at radius 2 is 2.21 bits per heavy atom. The van der Waals surface area contributed by atoms with Crippen molar-refractivity contribution in [2.45, 2.75) is 25.9 Å². The minimum Gasteiger partial charge on any atom is -0.377 e. The molecule has 0 heterocycles. The first-order valence-corrected chi connectivity index (χ1v) is 4.42. The zero-order chi connectivity index (χ0) is 11.0. The summed E-state index contributed by atoms with van der Waals surface area (Å²) in [6.07, 6.45) is 3.69. The molecule has 1 atom stereocenters. The van der Waals surface area contributed by atoms with Crippen molar-refractivity contribution in [2.75, 3.05) is 0 Å². The predicted molar refractivity (Wildman–Crippen MR) is 52.7 cm³/mol. The molecule has 1 rings (SSSR count). The fourth-order valence-electron chi connectivity index (χ4n) is 1.61. The van der Waals surface area contributed by atoms with Gasteiger partial charge >= 0.3 is 0 Å². The van der Waals surface area contributed by atoms with Crippen LogP contribution < -0.4 is 0 Å². The van der Waals surface area contributed by atoms with Crippen LogP contribution in [0.4, 0.5) is 0 Å². The molecule has 1 aliphatic carbocycles. The summed E-state index contributed by atoms with van der Waals surface area (Å²) >= 11 is 0. The molecule has 76 valence electrons. The van der Waals surface area contributed by atoms with Crippen molar-refractivity contribution in [2.24, 2.45) is 5.41 Å². The highest BCUT2D eigenvalue weighted by Crippen LogP contribution is 2.37. The Balaban J connectivity index is 3.12. The van der Waals surface area contributed by atoms with Crippen LogP contribution in [-0.2, 0) is 9.59 Å². The van der Waals surface area contributed by atoms with Gasteiger partial charge in [-0.15, -0.1) is 0 Å². The summed E-state index contributed by atoms with van der Waals surface area (Å²) in [4.78, 5) is 22.0. The van der Waals surface area contributed by atoms with Gasteiger partial charge < -0.3 is 5.11 Å². The quantitative estimate of drug-likeness (QED) is 0.527. The SMILES string of the molecule is C=C(C=O)C1(O)CC(C)(C)C=CC1=O. The smallest absolute Gasteiger partial charge is 0.191 e. The van der Waals surface area contributed by atoms with E-state index in [-0.39, 0.29) is 17.4 Å². The highest BCUT2D eigenvalue weighted by Gasteiger charge is 2.44. The van der Waals surface area contributed by atoms with Gasteiger partial charge in [-0.05, 0) is 17.9 Å². The highest BCUT2D eigenvalue weighted by molar-refractivity contribution is 6.04. The van der Waals surface area contributed by atoms with Gasteiger partial charge in [-0.25, -0.2) is 0 Å². The molecule has 0 saturated carbocycles. The van der Waals surface area contributed by atoms with Crippen LogP contribution >= 0.6 is 0 Å². The molecule has 0 aromatic carbocycles. The number of hydrogen-bond acceptors (Lipinski definition) is 3. The van der Waals surface area contributed by atoms with E-state index in [1.54, 1.807) is 6.08 Å². The molecule has 0 radical (unpaired) electrons. The minimum atomic E-state index is -1.71. The molecule has 0 aromatic heterocycles. The van der Waals surface area contributed by atoms with E-state index < -0.39 is 11.4 Å². The van der Waals surface area contributed by atoms with Crippen molar-refractivity contribution >= 4 is 12.1 Å². The monoisotopic (exact) mass is 194 g/mol. The maximum atomic E-state index is 11.4. The van der Waals surface area contributed by atoms with E-state index in [9.17, 15) is 14.7 Å². The van der Waals surface area contributed by atoms with Gasteiger partial charge in [-0.1, -0.05) is 26.5 Å². The number of aldehydes is 1. The van der Waals surface area contributed by atoms with Crippen molar-refractivity contribution in [3.8, 4) is 0 Å². The first kappa shape index (κ1) is 10.9. The van der Waals surface area contributed by atoms with Gasteiger partial charge in [-0.2, -0.15) is 0 Å². The summed E-state index contributed by atoms with van der Waals surface area (Å²) in [5, 5.41) is 10.0. The summed E-state index contributed by atoms with van der Waals surface area (Å²) in [6, 6.07) is 0.